The molecular formula is C15H25NS. The van der Waals surface area contributed by atoms with Crippen LogP contribution in [0.5, 0.6) is 0 Å². The third-order valence-electron chi connectivity index (χ3n) is 2.58. The summed E-state index contributed by atoms with van der Waals surface area (Å²) < 4.78 is 0. The third kappa shape index (κ3) is 5.60. The molecule has 17 heavy (non-hydrogen) atoms. The SMILES string of the molecule is CCCSc1ccc(CNCC(C)C)cc1C. The molecule has 1 aromatic rings. The number of thioether (sulfide) groups is 1. The minimum atomic E-state index is 0.718. The van der Waals surface area contributed by atoms with Crippen LogP contribution in [-0.2, 0) is 6.54 Å². The van der Waals surface area contributed by atoms with Gasteiger partial charge in [-0.05, 0) is 48.8 Å². The van der Waals surface area contributed by atoms with Crippen LogP contribution in [0, 0.1) is 12.8 Å². The normalized spacial score (nSPS) is 11.1. The average Bonchev–Trinajstić information content (AvgIpc) is 2.27. The average molecular weight is 251 g/mol. The van der Waals surface area contributed by atoms with Crippen molar-refractivity contribution in [3.05, 3.63) is 29.3 Å². The van der Waals surface area contributed by atoms with Gasteiger partial charge in [0.15, 0.2) is 0 Å². The van der Waals surface area contributed by atoms with Gasteiger partial charge in [-0.3, -0.25) is 0 Å². The summed E-state index contributed by atoms with van der Waals surface area (Å²) in [5.74, 6) is 1.93. The van der Waals surface area contributed by atoms with E-state index in [9.17, 15) is 0 Å². The van der Waals surface area contributed by atoms with E-state index in [1.54, 1.807) is 0 Å². The fourth-order valence-corrected chi connectivity index (χ4v) is 2.58. The van der Waals surface area contributed by atoms with Crippen LogP contribution < -0.4 is 5.32 Å². The van der Waals surface area contributed by atoms with Crippen molar-refractivity contribution in [2.45, 2.75) is 45.6 Å². The highest BCUT2D eigenvalue weighted by Gasteiger charge is 2.01. The highest BCUT2D eigenvalue weighted by atomic mass is 32.2. The summed E-state index contributed by atoms with van der Waals surface area (Å²) in [4.78, 5) is 1.43. The van der Waals surface area contributed by atoms with E-state index in [-0.39, 0.29) is 0 Å². The highest BCUT2D eigenvalue weighted by Crippen LogP contribution is 2.23. The molecule has 1 aromatic carbocycles. The topological polar surface area (TPSA) is 12.0 Å². The fraction of sp³-hybridized carbons (Fsp3) is 0.600. The molecule has 1 nitrogen and oxygen atoms in total. The van der Waals surface area contributed by atoms with Crippen LogP contribution in [0.15, 0.2) is 23.1 Å². The second-order valence-corrected chi connectivity index (χ2v) is 6.11. The Bertz CT molecular complexity index is 334. The zero-order valence-electron chi connectivity index (χ0n) is 11.5. The maximum Gasteiger partial charge on any atom is 0.0205 e. The molecule has 96 valence electrons. The summed E-state index contributed by atoms with van der Waals surface area (Å²) in [7, 11) is 0. The van der Waals surface area contributed by atoms with Gasteiger partial charge in [-0.1, -0.05) is 32.9 Å². The zero-order valence-corrected chi connectivity index (χ0v) is 12.4. The summed E-state index contributed by atoms with van der Waals surface area (Å²) in [5.41, 5.74) is 2.80. The van der Waals surface area contributed by atoms with E-state index >= 15 is 0 Å². The van der Waals surface area contributed by atoms with Crippen molar-refractivity contribution in [3.8, 4) is 0 Å². The van der Waals surface area contributed by atoms with E-state index in [4.69, 9.17) is 0 Å². The van der Waals surface area contributed by atoms with Crippen LogP contribution in [0.3, 0.4) is 0 Å². The summed E-state index contributed by atoms with van der Waals surface area (Å²) in [6.45, 7) is 11.0. The summed E-state index contributed by atoms with van der Waals surface area (Å²) in [5, 5.41) is 3.48. The summed E-state index contributed by atoms with van der Waals surface area (Å²) >= 11 is 1.96. The molecule has 0 atom stereocenters. The first-order valence-corrected chi connectivity index (χ1v) is 7.55. The molecule has 0 aliphatic rings. The quantitative estimate of drug-likeness (QED) is 0.727. The van der Waals surface area contributed by atoms with Crippen LogP contribution in [-0.4, -0.2) is 12.3 Å². The van der Waals surface area contributed by atoms with Gasteiger partial charge in [-0.15, -0.1) is 11.8 Å². The van der Waals surface area contributed by atoms with Gasteiger partial charge in [0, 0.05) is 11.4 Å². The van der Waals surface area contributed by atoms with Crippen LogP contribution in [0.2, 0.25) is 0 Å². The number of benzene rings is 1. The molecular weight excluding hydrogens is 226 g/mol. The molecule has 0 aromatic heterocycles. The van der Waals surface area contributed by atoms with Crippen LogP contribution >= 0.6 is 11.8 Å². The molecule has 0 radical (unpaired) electrons. The Balaban J connectivity index is 2.50. The Morgan fingerprint density at radius 3 is 2.65 bits per heavy atom. The molecule has 0 bridgehead atoms. The molecule has 1 N–H and O–H groups in total. The maximum absolute atomic E-state index is 3.48. The number of hydrogen-bond acceptors (Lipinski definition) is 2. The zero-order chi connectivity index (χ0) is 12.7. The van der Waals surface area contributed by atoms with Crippen molar-refractivity contribution >= 4 is 11.8 Å². The Morgan fingerprint density at radius 1 is 1.29 bits per heavy atom. The molecule has 0 aliphatic carbocycles. The Kier molecular flexibility index (Phi) is 6.68. The molecule has 0 saturated carbocycles. The van der Waals surface area contributed by atoms with Crippen LogP contribution in [0.25, 0.3) is 0 Å². The summed E-state index contributed by atoms with van der Waals surface area (Å²) in [6.07, 6.45) is 1.24. The Morgan fingerprint density at radius 2 is 2.06 bits per heavy atom. The van der Waals surface area contributed by atoms with Gasteiger partial charge in [0.2, 0.25) is 0 Å². The smallest absolute Gasteiger partial charge is 0.0205 e. The number of rotatable bonds is 7. The number of aryl methyl sites for hydroxylation is 1. The highest BCUT2D eigenvalue weighted by molar-refractivity contribution is 7.99. The first-order valence-electron chi connectivity index (χ1n) is 6.56. The van der Waals surface area contributed by atoms with E-state index in [0.29, 0.717) is 0 Å². The van der Waals surface area contributed by atoms with E-state index in [1.807, 2.05) is 11.8 Å². The van der Waals surface area contributed by atoms with Gasteiger partial charge in [0.1, 0.15) is 0 Å². The Labute approximate surface area is 110 Å². The monoisotopic (exact) mass is 251 g/mol. The van der Waals surface area contributed by atoms with E-state index in [2.05, 4.69) is 51.2 Å². The lowest BCUT2D eigenvalue weighted by Gasteiger charge is -2.10. The first kappa shape index (κ1) is 14.6. The van der Waals surface area contributed by atoms with Crippen molar-refractivity contribution in [2.75, 3.05) is 12.3 Å². The van der Waals surface area contributed by atoms with Crippen molar-refractivity contribution in [3.63, 3.8) is 0 Å². The molecule has 0 heterocycles. The largest absolute Gasteiger partial charge is 0.312 e. The lowest BCUT2D eigenvalue weighted by molar-refractivity contribution is 0.552. The molecule has 0 aliphatic heterocycles. The second kappa shape index (κ2) is 7.78. The minimum absolute atomic E-state index is 0.718. The molecule has 0 saturated heterocycles. The fourth-order valence-electron chi connectivity index (χ4n) is 1.70. The van der Waals surface area contributed by atoms with Crippen LogP contribution in [0.4, 0.5) is 0 Å². The predicted molar refractivity (Wildman–Crippen MR) is 78.7 cm³/mol. The van der Waals surface area contributed by atoms with Gasteiger partial charge in [0.05, 0.1) is 0 Å². The van der Waals surface area contributed by atoms with Gasteiger partial charge in [0.25, 0.3) is 0 Å². The lowest BCUT2D eigenvalue weighted by atomic mass is 10.1. The van der Waals surface area contributed by atoms with Gasteiger partial charge < -0.3 is 5.32 Å². The summed E-state index contributed by atoms with van der Waals surface area (Å²) in [6, 6.07) is 6.83. The molecule has 2 heteroatoms. The molecule has 0 amide bonds. The van der Waals surface area contributed by atoms with Crippen molar-refractivity contribution in [2.24, 2.45) is 5.92 Å². The van der Waals surface area contributed by atoms with Crippen molar-refractivity contribution in [1.29, 1.82) is 0 Å². The van der Waals surface area contributed by atoms with Gasteiger partial charge in [-0.25, -0.2) is 0 Å². The minimum Gasteiger partial charge on any atom is -0.312 e. The lowest BCUT2D eigenvalue weighted by Crippen LogP contribution is -2.18. The molecule has 0 unspecified atom stereocenters. The van der Waals surface area contributed by atoms with Gasteiger partial charge in [-0.2, -0.15) is 0 Å². The van der Waals surface area contributed by atoms with E-state index < -0.39 is 0 Å². The molecule has 0 fully saturated rings. The standard InChI is InChI=1S/C15H25NS/c1-5-8-17-15-7-6-14(9-13(15)4)11-16-10-12(2)3/h6-7,9,12,16H,5,8,10-11H2,1-4H3. The Hall–Kier alpha value is -0.470. The van der Waals surface area contributed by atoms with E-state index in [0.717, 1.165) is 19.0 Å². The van der Waals surface area contributed by atoms with Crippen molar-refractivity contribution in [1.82, 2.24) is 5.32 Å². The number of hydrogen-bond donors (Lipinski definition) is 1. The molecule has 1 rings (SSSR count). The molecule has 0 spiro atoms. The van der Waals surface area contributed by atoms with Crippen molar-refractivity contribution < 1.29 is 0 Å². The predicted octanol–water partition coefficient (Wildman–Crippen LogP) is 4.24. The number of nitrogens with one attached hydrogen (secondary N) is 1. The first-order chi connectivity index (χ1) is 8.13. The van der Waals surface area contributed by atoms with Gasteiger partial charge >= 0.3 is 0 Å². The third-order valence-corrected chi connectivity index (χ3v) is 3.96. The van der Waals surface area contributed by atoms with Crippen LogP contribution in [0.1, 0.15) is 38.3 Å². The van der Waals surface area contributed by atoms with E-state index in [1.165, 1.54) is 28.2 Å². The second-order valence-electron chi connectivity index (χ2n) is 4.97. The maximum atomic E-state index is 3.48.